The second-order valence-electron chi connectivity index (χ2n) is 2.84. The highest BCUT2D eigenvalue weighted by molar-refractivity contribution is 7.94. The molecule has 0 atom stereocenters. The Morgan fingerprint density at radius 3 is 2.43 bits per heavy atom. The summed E-state index contributed by atoms with van der Waals surface area (Å²) in [7, 11) is -3.59. The molecule has 0 saturated heterocycles. The highest BCUT2D eigenvalue weighted by atomic mass is 32.2. The number of hydrogen-bond acceptors (Lipinski definition) is 2. The van der Waals surface area contributed by atoms with Crippen molar-refractivity contribution in [1.29, 1.82) is 0 Å². The number of allylic oxidation sites excluding steroid dienone is 3. The summed E-state index contributed by atoms with van der Waals surface area (Å²) < 4.78 is 58.3. The van der Waals surface area contributed by atoms with Crippen LogP contribution in [0.15, 0.2) is 28.4 Å². The van der Waals surface area contributed by atoms with E-state index < -0.39 is 21.6 Å². The van der Waals surface area contributed by atoms with E-state index in [1.54, 1.807) is 0 Å². The van der Waals surface area contributed by atoms with Crippen molar-refractivity contribution in [3.63, 3.8) is 0 Å². The second kappa shape index (κ2) is 3.29. The first-order chi connectivity index (χ1) is 6.21. The van der Waals surface area contributed by atoms with E-state index in [-0.39, 0.29) is 11.3 Å². The summed E-state index contributed by atoms with van der Waals surface area (Å²) in [6.45, 7) is 0. The van der Waals surface area contributed by atoms with Gasteiger partial charge < -0.3 is 0 Å². The van der Waals surface area contributed by atoms with Crippen LogP contribution in [0.2, 0.25) is 0 Å². The Morgan fingerprint density at radius 2 is 2.00 bits per heavy atom. The van der Waals surface area contributed by atoms with Crippen LogP contribution in [0.4, 0.5) is 13.2 Å². The zero-order valence-corrected chi connectivity index (χ0v) is 8.04. The quantitative estimate of drug-likeness (QED) is 0.638. The molecule has 0 unspecified atom stereocenters. The number of halogens is 3. The van der Waals surface area contributed by atoms with E-state index >= 15 is 0 Å². The van der Waals surface area contributed by atoms with Gasteiger partial charge in [0.15, 0.2) is 9.84 Å². The minimum Gasteiger partial charge on any atom is -0.224 e. The Labute approximate surface area is 79.3 Å². The smallest absolute Gasteiger partial charge is 0.224 e. The lowest BCUT2D eigenvalue weighted by atomic mass is 10.1. The topological polar surface area (TPSA) is 34.1 Å². The highest BCUT2D eigenvalue weighted by Gasteiger charge is 2.33. The summed E-state index contributed by atoms with van der Waals surface area (Å²) in [6, 6.07) is 0. The third kappa shape index (κ3) is 2.49. The summed E-state index contributed by atoms with van der Waals surface area (Å²) in [5.74, 6) is 0. The van der Waals surface area contributed by atoms with Gasteiger partial charge in [0.05, 0.1) is 10.5 Å². The van der Waals surface area contributed by atoms with E-state index in [0.717, 1.165) is 18.4 Å². The van der Waals surface area contributed by atoms with Gasteiger partial charge in [0.1, 0.15) is 0 Å². The average Bonchev–Trinajstić information content (AvgIpc) is 2.01. The summed E-state index contributed by atoms with van der Waals surface area (Å²) in [5.41, 5.74) is 0.815. The third-order valence-electron chi connectivity index (χ3n) is 1.61. The molecule has 78 valence electrons. The van der Waals surface area contributed by atoms with Gasteiger partial charge in [0.2, 0.25) is 0 Å². The van der Waals surface area contributed by atoms with Crippen molar-refractivity contribution >= 4 is 9.84 Å². The van der Waals surface area contributed by atoms with Crippen LogP contribution in [0.3, 0.4) is 0 Å². The molecule has 0 amide bonds. The number of alkyl halides is 3. The predicted molar refractivity (Wildman–Crippen MR) is 45.2 cm³/mol. The molecule has 0 fully saturated rings. The maximum Gasteiger partial charge on any atom is 0.423 e. The number of rotatable bonds is 1. The van der Waals surface area contributed by atoms with Gasteiger partial charge in [-0.2, -0.15) is 13.2 Å². The lowest BCUT2D eigenvalue weighted by Gasteiger charge is -2.09. The average molecular weight is 224 g/mol. The molecular weight excluding hydrogens is 217 g/mol. The molecule has 1 aliphatic rings. The van der Waals surface area contributed by atoms with Crippen LogP contribution in [0.5, 0.6) is 0 Å². The van der Waals surface area contributed by atoms with Gasteiger partial charge in [0, 0.05) is 12.7 Å². The molecule has 1 aliphatic carbocycles. The molecule has 0 aromatic rings. The molecule has 0 aromatic heterocycles. The molecule has 14 heavy (non-hydrogen) atoms. The Kier molecular flexibility index (Phi) is 2.61. The standard InChI is InChI=1S/C8H7F3O2S/c1-14(12,13)7-4-2-3-6(5-7)8(9,10)11/h2-3H,4H2,1H3. The normalized spacial score (nSPS) is 17.7. The van der Waals surface area contributed by atoms with E-state index in [2.05, 4.69) is 0 Å². The van der Waals surface area contributed by atoms with E-state index in [0.29, 0.717) is 0 Å². The second-order valence-corrected chi connectivity index (χ2v) is 4.88. The zero-order valence-electron chi connectivity index (χ0n) is 7.22. The van der Waals surface area contributed by atoms with Gasteiger partial charge in [-0.3, -0.25) is 0 Å². The van der Waals surface area contributed by atoms with Crippen LogP contribution >= 0.6 is 0 Å². The van der Waals surface area contributed by atoms with Crippen molar-refractivity contribution in [2.75, 3.05) is 6.26 Å². The fourth-order valence-electron chi connectivity index (χ4n) is 0.936. The number of sulfone groups is 1. The molecule has 0 N–H and O–H groups in total. The van der Waals surface area contributed by atoms with Crippen molar-refractivity contribution in [1.82, 2.24) is 0 Å². The Balaban J connectivity index is 3.33. The van der Waals surface area contributed by atoms with Gasteiger partial charge in [0.25, 0.3) is 0 Å². The highest BCUT2D eigenvalue weighted by Crippen LogP contribution is 2.29. The zero-order chi connectivity index (χ0) is 11.0. The molecule has 0 spiro atoms. The molecule has 6 heteroatoms. The fourth-order valence-corrected chi connectivity index (χ4v) is 1.63. The van der Waals surface area contributed by atoms with E-state index in [4.69, 9.17) is 0 Å². The molecule has 0 radical (unpaired) electrons. The van der Waals surface area contributed by atoms with Crippen LogP contribution in [-0.2, 0) is 9.84 Å². The summed E-state index contributed by atoms with van der Waals surface area (Å²) >= 11 is 0. The molecule has 0 bridgehead atoms. The van der Waals surface area contributed by atoms with E-state index in [1.165, 1.54) is 0 Å². The summed E-state index contributed by atoms with van der Waals surface area (Å²) in [5, 5.41) is 0. The number of hydrogen-bond donors (Lipinski definition) is 0. The monoisotopic (exact) mass is 224 g/mol. The molecule has 2 nitrogen and oxygen atoms in total. The minimum atomic E-state index is -4.55. The van der Waals surface area contributed by atoms with Gasteiger partial charge >= 0.3 is 6.18 Å². The molecule has 1 rings (SSSR count). The SMILES string of the molecule is CS(=O)(=O)C1=C=C(C(F)(F)F)C=CC1. The molecule has 0 saturated carbocycles. The Morgan fingerprint density at radius 1 is 1.43 bits per heavy atom. The van der Waals surface area contributed by atoms with Crippen LogP contribution < -0.4 is 0 Å². The van der Waals surface area contributed by atoms with E-state index in [9.17, 15) is 21.6 Å². The first-order valence-electron chi connectivity index (χ1n) is 3.65. The molecular formula is C8H7F3O2S. The van der Waals surface area contributed by atoms with Crippen LogP contribution in [0.25, 0.3) is 0 Å². The van der Waals surface area contributed by atoms with Crippen molar-refractivity contribution in [2.45, 2.75) is 12.6 Å². The van der Waals surface area contributed by atoms with Crippen LogP contribution in [0.1, 0.15) is 6.42 Å². The van der Waals surface area contributed by atoms with Crippen LogP contribution in [0, 0.1) is 0 Å². The lowest BCUT2D eigenvalue weighted by molar-refractivity contribution is -0.0881. The first-order valence-corrected chi connectivity index (χ1v) is 5.54. The van der Waals surface area contributed by atoms with Gasteiger partial charge in [-0.25, -0.2) is 8.42 Å². The lowest BCUT2D eigenvalue weighted by Crippen LogP contribution is -2.12. The molecule has 0 aromatic carbocycles. The largest absolute Gasteiger partial charge is 0.423 e. The van der Waals surface area contributed by atoms with Crippen molar-refractivity contribution in [2.24, 2.45) is 0 Å². The summed E-state index contributed by atoms with van der Waals surface area (Å²) in [6.07, 6.45) is -1.72. The van der Waals surface area contributed by atoms with E-state index in [1.807, 2.05) is 5.73 Å². The molecule has 0 aliphatic heterocycles. The third-order valence-corrected chi connectivity index (χ3v) is 2.78. The van der Waals surface area contributed by atoms with Gasteiger partial charge in [-0.15, -0.1) is 0 Å². The predicted octanol–water partition coefficient (Wildman–Crippen LogP) is 1.96. The van der Waals surface area contributed by atoms with Gasteiger partial charge in [-0.05, 0) is 6.08 Å². The Hall–Kier alpha value is -1.00. The van der Waals surface area contributed by atoms with Gasteiger partial charge in [-0.1, -0.05) is 11.8 Å². The Bertz CT molecular complexity index is 434. The fraction of sp³-hybridized carbons (Fsp3) is 0.375. The van der Waals surface area contributed by atoms with Crippen molar-refractivity contribution < 1.29 is 21.6 Å². The maximum atomic E-state index is 12.1. The minimum absolute atomic E-state index is 0.0294. The summed E-state index contributed by atoms with van der Waals surface area (Å²) in [4.78, 5) is -0.327. The van der Waals surface area contributed by atoms with Crippen molar-refractivity contribution in [3.8, 4) is 0 Å². The maximum absolute atomic E-state index is 12.1. The first kappa shape index (κ1) is 11.1. The molecule has 0 heterocycles. The van der Waals surface area contributed by atoms with Crippen molar-refractivity contribution in [3.05, 3.63) is 28.4 Å². The van der Waals surface area contributed by atoms with Crippen LogP contribution in [-0.4, -0.2) is 20.8 Å².